The molecule has 1 aromatic rings. The highest BCUT2D eigenvalue weighted by Gasteiger charge is 2.53. The van der Waals surface area contributed by atoms with Crippen LogP contribution in [0.25, 0.3) is 0 Å². The Morgan fingerprint density at radius 3 is 3.00 bits per heavy atom. The van der Waals surface area contributed by atoms with E-state index in [0.29, 0.717) is 5.41 Å². The number of hydrogen-bond donors (Lipinski definition) is 0. The minimum atomic E-state index is 0.501. The lowest BCUT2D eigenvalue weighted by Crippen LogP contribution is -2.61. The van der Waals surface area contributed by atoms with Crippen LogP contribution in [0.4, 0.5) is 0 Å². The van der Waals surface area contributed by atoms with E-state index in [1.54, 1.807) is 11.1 Å². The van der Waals surface area contributed by atoms with Crippen LogP contribution in [0, 0.1) is 5.92 Å². The second kappa shape index (κ2) is 5.03. The van der Waals surface area contributed by atoms with Gasteiger partial charge in [-0.05, 0) is 49.3 Å². The maximum atomic E-state index is 6.04. The molecule has 0 amide bonds. The Morgan fingerprint density at radius 2 is 2.10 bits per heavy atom. The quantitative estimate of drug-likeness (QED) is 0.744. The van der Waals surface area contributed by atoms with Gasteiger partial charge in [-0.15, -0.1) is 11.6 Å². The van der Waals surface area contributed by atoms with Crippen LogP contribution in [0.1, 0.15) is 43.2 Å². The molecule has 1 nitrogen and oxygen atoms in total. The molecule has 2 fully saturated rings. The molecule has 3 aliphatic rings. The number of halogens is 1. The van der Waals surface area contributed by atoms with Crippen LogP contribution < -0.4 is 0 Å². The predicted octanol–water partition coefficient (Wildman–Crippen LogP) is 3.98. The summed E-state index contributed by atoms with van der Waals surface area (Å²) in [7, 11) is 0. The molecule has 2 bridgehead atoms. The molecule has 0 radical (unpaired) electrons. The fourth-order valence-corrected chi connectivity index (χ4v) is 5.65. The number of fused-ring (bicyclic) bond motifs is 1. The summed E-state index contributed by atoms with van der Waals surface area (Å²) in [4.78, 5) is 2.69. The first-order chi connectivity index (χ1) is 9.85. The van der Waals surface area contributed by atoms with Crippen LogP contribution >= 0.6 is 11.6 Å². The molecule has 3 atom stereocenters. The van der Waals surface area contributed by atoms with Crippen molar-refractivity contribution in [3.05, 3.63) is 35.4 Å². The molecular formula is C18H24ClN. The van der Waals surface area contributed by atoms with Gasteiger partial charge in [0, 0.05) is 23.9 Å². The lowest BCUT2D eigenvalue weighted by Gasteiger charge is -2.59. The van der Waals surface area contributed by atoms with Gasteiger partial charge < -0.3 is 0 Å². The molecule has 1 saturated carbocycles. The van der Waals surface area contributed by atoms with Crippen LogP contribution in [-0.2, 0) is 11.8 Å². The van der Waals surface area contributed by atoms with E-state index < -0.39 is 0 Å². The standard InChI is InChI=1S/C18H24ClN/c19-10-12-20-11-9-18-8-4-3-7-16(18)17(20)13-14-5-1-2-6-15(14)18/h1-2,5-6,16-17H,3-4,7-13H2/t16-,17+,18-/m0/s1. The van der Waals surface area contributed by atoms with Gasteiger partial charge in [-0.3, -0.25) is 4.90 Å². The Balaban J connectivity index is 1.80. The van der Waals surface area contributed by atoms with Gasteiger partial charge >= 0.3 is 0 Å². The molecule has 108 valence electrons. The van der Waals surface area contributed by atoms with Gasteiger partial charge in [0.15, 0.2) is 0 Å². The third kappa shape index (κ3) is 1.79. The topological polar surface area (TPSA) is 3.24 Å². The van der Waals surface area contributed by atoms with Crippen molar-refractivity contribution in [3.8, 4) is 0 Å². The minimum absolute atomic E-state index is 0.501. The van der Waals surface area contributed by atoms with E-state index in [2.05, 4.69) is 29.2 Å². The SMILES string of the molecule is ClCCN1CC[C@]23CCCC[C@H]2[C@H]1Cc1ccccc13. The van der Waals surface area contributed by atoms with E-state index in [9.17, 15) is 0 Å². The molecule has 0 aromatic heterocycles. The Hall–Kier alpha value is -0.530. The molecule has 2 aliphatic carbocycles. The van der Waals surface area contributed by atoms with Gasteiger partial charge in [0.25, 0.3) is 0 Å². The third-order valence-electron chi connectivity index (χ3n) is 6.23. The second-order valence-corrected chi connectivity index (χ2v) is 7.29. The van der Waals surface area contributed by atoms with E-state index in [-0.39, 0.29) is 0 Å². The highest BCUT2D eigenvalue weighted by Crippen LogP contribution is 2.55. The molecule has 4 rings (SSSR count). The number of hydrogen-bond acceptors (Lipinski definition) is 1. The van der Waals surface area contributed by atoms with Crippen LogP contribution in [0.5, 0.6) is 0 Å². The Morgan fingerprint density at radius 1 is 1.20 bits per heavy atom. The molecule has 1 aliphatic heterocycles. The average Bonchev–Trinajstić information content (AvgIpc) is 2.50. The van der Waals surface area contributed by atoms with Crippen molar-refractivity contribution in [1.29, 1.82) is 0 Å². The Labute approximate surface area is 127 Å². The lowest BCUT2D eigenvalue weighted by molar-refractivity contribution is -0.00795. The maximum Gasteiger partial charge on any atom is 0.0351 e. The van der Waals surface area contributed by atoms with Gasteiger partial charge in [0.1, 0.15) is 0 Å². The molecule has 1 saturated heterocycles. The molecule has 1 heterocycles. The summed E-state index contributed by atoms with van der Waals surface area (Å²) in [6.07, 6.45) is 8.30. The average molecular weight is 290 g/mol. The van der Waals surface area contributed by atoms with E-state index in [0.717, 1.165) is 24.4 Å². The number of benzene rings is 1. The summed E-state index contributed by atoms with van der Waals surface area (Å²) < 4.78 is 0. The summed E-state index contributed by atoms with van der Waals surface area (Å²) in [6, 6.07) is 10.0. The summed E-state index contributed by atoms with van der Waals surface area (Å²) in [5, 5.41) is 0. The maximum absolute atomic E-state index is 6.04. The van der Waals surface area contributed by atoms with Gasteiger partial charge in [-0.25, -0.2) is 0 Å². The zero-order valence-corrected chi connectivity index (χ0v) is 12.9. The summed E-state index contributed by atoms with van der Waals surface area (Å²) >= 11 is 6.04. The van der Waals surface area contributed by atoms with Crippen molar-refractivity contribution < 1.29 is 0 Å². The molecule has 2 heteroatoms. The first-order valence-electron chi connectivity index (χ1n) is 8.23. The molecule has 0 N–H and O–H groups in total. The summed E-state index contributed by atoms with van der Waals surface area (Å²) in [5.74, 6) is 1.65. The Kier molecular flexibility index (Phi) is 3.31. The highest BCUT2D eigenvalue weighted by molar-refractivity contribution is 6.18. The number of rotatable bonds is 2. The van der Waals surface area contributed by atoms with Crippen LogP contribution in [0.2, 0.25) is 0 Å². The molecule has 0 unspecified atom stereocenters. The van der Waals surface area contributed by atoms with E-state index in [1.165, 1.54) is 45.1 Å². The lowest BCUT2D eigenvalue weighted by atomic mass is 9.52. The second-order valence-electron chi connectivity index (χ2n) is 6.91. The zero-order valence-electron chi connectivity index (χ0n) is 12.2. The third-order valence-corrected chi connectivity index (χ3v) is 6.40. The smallest absolute Gasteiger partial charge is 0.0351 e. The highest BCUT2D eigenvalue weighted by atomic mass is 35.5. The Bertz CT molecular complexity index is 500. The number of piperidine rings is 1. The van der Waals surface area contributed by atoms with Crippen molar-refractivity contribution in [2.24, 2.45) is 5.92 Å². The predicted molar refractivity (Wildman–Crippen MR) is 84.5 cm³/mol. The fraction of sp³-hybridized carbons (Fsp3) is 0.667. The van der Waals surface area contributed by atoms with Crippen molar-refractivity contribution >= 4 is 11.6 Å². The van der Waals surface area contributed by atoms with Crippen molar-refractivity contribution in [1.82, 2.24) is 4.90 Å². The van der Waals surface area contributed by atoms with Gasteiger partial charge in [-0.1, -0.05) is 37.1 Å². The van der Waals surface area contributed by atoms with Crippen molar-refractivity contribution in [2.75, 3.05) is 19.0 Å². The van der Waals surface area contributed by atoms with Gasteiger partial charge in [0.05, 0.1) is 0 Å². The fourth-order valence-electron chi connectivity index (χ4n) is 5.44. The molecule has 0 spiro atoms. The van der Waals surface area contributed by atoms with E-state index >= 15 is 0 Å². The number of nitrogens with zero attached hydrogens (tertiary/aromatic N) is 1. The zero-order chi connectivity index (χ0) is 13.6. The molecular weight excluding hydrogens is 266 g/mol. The van der Waals surface area contributed by atoms with Crippen LogP contribution in [-0.4, -0.2) is 29.9 Å². The van der Waals surface area contributed by atoms with E-state index in [1.807, 2.05) is 0 Å². The first kappa shape index (κ1) is 13.2. The number of alkyl halides is 1. The monoisotopic (exact) mass is 289 g/mol. The van der Waals surface area contributed by atoms with Crippen LogP contribution in [0.15, 0.2) is 24.3 Å². The minimum Gasteiger partial charge on any atom is -0.299 e. The van der Waals surface area contributed by atoms with Gasteiger partial charge in [-0.2, -0.15) is 0 Å². The van der Waals surface area contributed by atoms with Crippen molar-refractivity contribution in [3.63, 3.8) is 0 Å². The summed E-state index contributed by atoms with van der Waals surface area (Å²) in [6.45, 7) is 2.32. The summed E-state index contributed by atoms with van der Waals surface area (Å²) in [5.41, 5.74) is 3.82. The van der Waals surface area contributed by atoms with Gasteiger partial charge in [0.2, 0.25) is 0 Å². The first-order valence-corrected chi connectivity index (χ1v) is 8.77. The normalized spacial score (nSPS) is 36.2. The number of likely N-dealkylation sites (tertiary alicyclic amines) is 1. The largest absolute Gasteiger partial charge is 0.299 e. The molecule has 1 aromatic carbocycles. The molecule has 20 heavy (non-hydrogen) atoms. The van der Waals surface area contributed by atoms with Crippen LogP contribution in [0.3, 0.4) is 0 Å². The van der Waals surface area contributed by atoms with Crippen molar-refractivity contribution in [2.45, 2.75) is 50.0 Å². The van der Waals surface area contributed by atoms with E-state index in [4.69, 9.17) is 11.6 Å².